The van der Waals surface area contributed by atoms with E-state index in [9.17, 15) is 4.79 Å². The molecular formula is C26H35N7O3. The van der Waals surface area contributed by atoms with Gasteiger partial charge in [-0.15, -0.1) is 0 Å². The van der Waals surface area contributed by atoms with Crippen LogP contribution in [0.3, 0.4) is 0 Å². The smallest absolute Gasteiger partial charge is 0.410 e. The predicted molar refractivity (Wildman–Crippen MR) is 138 cm³/mol. The molecule has 2 aliphatic rings. The third kappa shape index (κ3) is 5.09. The Morgan fingerprint density at radius 1 is 1.19 bits per heavy atom. The highest BCUT2D eigenvalue weighted by atomic mass is 16.6. The van der Waals surface area contributed by atoms with Crippen LogP contribution in [0.5, 0.6) is 5.75 Å². The molecule has 0 saturated carbocycles. The van der Waals surface area contributed by atoms with Crippen LogP contribution >= 0.6 is 0 Å². The van der Waals surface area contributed by atoms with E-state index in [0.717, 1.165) is 54.8 Å². The molecule has 2 aliphatic heterocycles. The highest BCUT2D eigenvalue weighted by molar-refractivity contribution is 5.76. The maximum atomic E-state index is 12.7. The number of anilines is 2. The van der Waals surface area contributed by atoms with Gasteiger partial charge in [-0.2, -0.15) is 10.1 Å². The molecule has 4 heterocycles. The van der Waals surface area contributed by atoms with E-state index < -0.39 is 5.60 Å². The first-order chi connectivity index (χ1) is 17.2. The lowest BCUT2D eigenvalue weighted by Crippen LogP contribution is -2.41. The molecule has 1 aromatic carbocycles. The number of ether oxygens (including phenoxy) is 2. The summed E-state index contributed by atoms with van der Waals surface area (Å²) in [7, 11) is 3.81. The molecule has 1 atom stereocenters. The second kappa shape index (κ2) is 9.57. The predicted octanol–water partition coefficient (Wildman–Crippen LogP) is 3.97. The maximum Gasteiger partial charge on any atom is 0.410 e. The monoisotopic (exact) mass is 493 g/mol. The van der Waals surface area contributed by atoms with Gasteiger partial charge in [-0.05, 0) is 70.3 Å². The van der Waals surface area contributed by atoms with E-state index in [2.05, 4.69) is 39.5 Å². The number of aromatic nitrogens is 4. The number of likely N-dealkylation sites (tertiary alicyclic amines) is 1. The van der Waals surface area contributed by atoms with E-state index >= 15 is 0 Å². The van der Waals surface area contributed by atoms with Crippen molar-refractivity contribution < 1.29 is 14.3 Å². The zero-order valence-electron chi connectivity index (χ0n) is 21.7. The number of benzene rings is 1. The molecule has 1 saturated heterocycles. The van der Waals surface area contributed by atoms with Crippen molar-refractivity contribution in [2.24, 2.45) is 0 Å². The zero-order valence-corrected chi connectivity index (χ0v) is 21.7. The van der Waals surface area contributed by atoms with Crippen molar-refractivity contribution in [1.82, 2.24) is 29.5 Å². The number of methoxy groups -OCH3 is 1. The van der Waals surface area contributed by atoms with Gasteiger partial charge in [0.2, 0.25) is 5.95 Å². The lowest BCUT2D eigenvalue weighted by atomic mass is 9.99. The maximum absolute atomic E-state index is 12.7. The minimum absolute atomic E-state index is 0.00653. The van der Waals surface area contributed by atoms with E-state index in [0.29, 0.717) is 19.0 Å². The van der Waals surface area contributed by atoms with E-state index in [1.54, 1.807) is 19.5 Å². The van der Waals surface area contributed by atoms with Crippen molar-refractivity contribution in [3.8, 4) is 5.75 Å². The average Bonchev–Trinajstić information content (AvgIpc) is 3.45. The van der Waals surface area contributed by atoms with Gasteiger partial charge >= 0.3 is 6.09 Å². The number of likely N-dealkylation sites (N-methyl/N-ethyl adjacent to an activating group) is 1. The van der Waals surface area contributed by atoms with Gasteiger partial charge in [-0.3, -0.25) is 0 Å². The van der Waals surface area contributed by atoms with E-state index in [1.807, 2.05) is 30.4 Å². The Balaban J connectivity index is 1.38. The number of hydrogen-bond donors (Lipinski definition) is 1. The van der Waals surface area contributed by atoms with Gasteiger partial charge in [-0.1, -0.05) is 0 Å². The highest BCUT2D eigenvalue weighted by Gasteiger charge is 2.33. The summed E-state index contributed by atoms with van der Waals surface area (Å²) in [4.78, 5) is 26.1. The number of hydrogen-bond acceptors (Lipinski definition) is 8. The van der Waals surface area contributed by atoms with Crippen molar-refractivity contribution >= 4 is 28.8 Å². The molecule has 0 unspecified atom stereocenters. The van der Waals surface area contributed by atoms with Crippen molar-refractivity contribution in [3.63, 3.8) is 0 Å². The largest absolute Gasteiger partial charge is 0.495 e. The van der Waals surface area contributed by atoms with Crippen molar-refractivity contribution in [3.05, 3.63) is 35.7 Å². The second-order valence-electron chi connectivity index (χ2n) is 10.7. The summed E-state index contributed by atoms with van der Waals surface area (Å²) in [5.74, 6) is 1.25. The second-order valence-corrected chi connectivity index (χ2v) is 10.7. The van der Waals surface area contributed by atoms with Crippen molar-refractivity contribution in [2.45, 2.75) is 64.8 Å². The summed E-state index contributed by atoms with van der Waals surface area (Å²) in [5.41, 5.74) is 3.63. The fraction of sp³-hybridized carbons (Fsp3) is 0.538. The number of carbonyl (C=O) groups excluding carboxylic acids is 1. The lowest BCUT2D eigenvalue weighted by molar-refractivity contribution is 0.0212. The third-order valence-electron chi connectivity index (χ3n) is 6.74. The number of nitrogens with one attached hydrogen (secondary N) is 1. The third-order valence-corrected chi connectivity index (χ3v) is 6.74. The standard InChI is InChI=1S/C26H35N7O3/c1-26(2,3)36-25(34)32-9-6-7-20(32)16-33-23-19(14-28-33)13-27-24(30-23)29-21-11-18-15-31(4)10-8-17(18)12-22(21)35-5/h11-14,20H,6-10,15-16H2,1-5H3,(H,27,29,30)/t20-/m0/s1. The number of rotatable bonds is 5. The Hall–Kier alpha value is -3.40. The van der Waals surface area contributed by atoms with Crippen LogP contribution in [0, 0.1) is 0 Å². The Morgan fingerprint density at radius 2 is 2.03 bits per heavy atom. The van der Waals surface area contributed by atoms with Gasteiger partial charge < -0.3 is 24.6 Å². The summed E-state index contributed by atoms with van der Waals surface area (Å²) in [6, 6.07) is 4.25. The van der Waals surface area contributed by atoms with Crippen molar-refractivity contribution in [2.75, 3.05) is 32.6 Å². The van der Waals surface area contributed by atoms with E-state index in [1.165, 1.54) is 11.1 Å². The van der Waals surface area contributed by atoms with Gasteiger partial charge in [0.05, 0.1) is 37.0 Å². The first kappa shape index (κ1) is 24.3. The number of amides is 1. The van der Waals surface area contributed by atoms with Crippen LogP contribution in [-0.4, -0.2) is 74.5 Å². The van der Waals surface area contributed by atoms with Crippen LogP contribution in [0.1, 0.15) is 44.7 Å². The number of nitrogens with zero attached hydrogens (tertiary/aromatic N) is 6. The molecule has 10 heteroatoms. The summed E-state index contributed by atoms with van der Waals surface area (Å²) < 4.78 is 13.1. The molecule has 3 aromatic rings. The van der Waals surface area contributed by atoms with E-state index in [4.69, 9.17) is 14.5 Å². The van der Waals surface area contributed by atoms with E-state index in [-0.39, 0.29) is 12.1 Å². The molecule has 0 aliphatic carbocycles. The normalized spacial score (nSPS) is 18.4. The fourth-order valence-electron chi connectivity index (χ4n) is 4.96. The minimum atomic E-state index is -0.524. The quantitative estimate of drug-likeness (QED) is 0.570. The lowest BCUT2D eigenvalue weighted by Gasteiger charge is -2.28. The molecule has 0 spiro atoms. The number of fused-ring (bicyclic) bond motifs is 2. The minimum Gasteiger partial charge on any atom is -0.495 e. The van der Waals surface area contributed by atoms with Crippen molar-refractivity contribution in [1.29, 1.82) is 0 Å². The average molecular weight is 494 g/mol. The van der Waals surface area contributed by atoms with Gasteiger partial charge in [-0.25, -0.2) is 14.5 Å². The summed E-state index contributed by atoms with van der Waals surface area (Å²) in [6.45, 7) is 8.84. The number of carbonyl (C=O) groups is 1. The Bertz CT molecular complexity index is 1270. The SMILES string of the molecule is COc1cc2c(cc1Nc1ncc3cnn(C[C@@H]4CCCN4C(=O)OC(C)(C)C)c3n1)CN(C)CC2. The molecule has 10 nitrogen and oxygen atoms in total. The Morgan fingerprint density at radius 3 is 2.81 bits per heavy atom. The molecule has 2 aromatic heterocycles. The van der Waals surface area contributed by atoms with Gasteiger partial charge in [0.15, 0.2) is 5.65 Å². The van der Waals surface area contributed by atoms with Crippen LogP contribution < -0.4 is 10.1 Å². The summed E-state index contributed by atoms with van der Waals surface area (Å²) >= 11 is 0. The molecule has 0 radical (unpaired) electrons. The Kier molecular flexibility index (Phi) is 6.46. The fourth-order valence-corrected chi connectivity index (χ4v) is 4.96. The zero-order chi connectivity index (χ0) is 25.4. The summed E-state index contributed by atoms with van der Waals surface area (Å²) in [5, 5.41) is 8.75. The van der Waals surface area contributed by atoms with Crippen LogP contribution in [-0.2, 0) is 24.2 Å². The molecule has 0 bridgehead atoms. The van der Waals surface area contributed by atoms with Crippen LogP contribution in [0.2, 0.25) is 0 Å². The molecule has 5 rings (SSSR count). The summed E-state index contributed by atoms with van der Waals surface area (Å²) in [6.07, 6.45) is 6.11. The molecule has 1 amide bonds. The van der Waals surface area contributed by atoms with Gasteiger partial charge in [0.25, 0.3) is 0 Å². The van der Waals surface area contributed by atoms with Gasteiger partial charge in [0, 0.05) is 25.8 Å². The molecule has 36 heavy (non-hydrogen) atoms. The van der Waals surface area contributed by atoms with Crippen LogP contribution in [0.25, 0.3) is 11.0 Å². The first-order valence-corrected chi connectivity index (χ1v) is 12.5. The Labute approximate surface area is 211 Å². The van der Waals surface area contributed by atoms with Crippen LogP contribution in [0.4, 0.5) is 16.4 Å². The highest BCUT2D eigenvalue weighted by Crippen LogP contribution is 2.33. The molecule has 1 fully saturated rings. The van der Waals surface area contributed by atoms with Crippen LogP contribution in [0.15, 0.2) is 24.5 Å². The topological polar surface area (TPSA) is 97.6 Å². The molecule has 1 N–H and O–H groups in total. The molecule has 192 valence electrons. The molecular weight excluding hydrogens is 458 g/mol. The van der Waals surface area contributed by atoms with Gasteiger partial charge in [0.1, 0.15) is 11.4 Å². The first-order valence-electron chi connectivity index (χ1n) is 12.5.